The molecule has 0 radical (unpaired) electrons. The van der Waals surface area contributed by atoms with Crippen molar-refractivity contribution < 1.29 is 49.4 Å². The van der Waals surface area contributed by atoms with Gasteiger partial charge < -0.3 is 5.11 Å². The van der Waals surface area contributed by atoms with Gasteiger partial charge in [0.05, 0.1) is 9.79 Å². The van der Waals surface area contributed by atoms with E-state index in [4.69, 9.17) is 9.11 Å². The van der Waals surface area contributed by atoms with Gasteiger partial charge in [-0.15, -0.1) is 0 Å². The summed E-state index contributed by atoms with van der Waals surface area (Å²) in [4.78, 5) is 35.5. The van der Waals surface area contributed by atoms with Crippen LogP contribution < -0.4 is 16.0 Å². The van der Waals surface area contributed by atoms with Crippen molar-refractivity contribution in [1.82, 2.24) is 15.2 Å². The van der Waals surface area contributed by atoms with Crippen molar-refractivity contribution in [1.29, 1.82) is 0 Å². The lowest BCUT2D eigenvalue weighted by Gasteiger charge is -2.15. The van der Waals surface area contributed by atoms with E-state index in [0.717, 1.165) is 30.3 Å². The van der Waals surface area contributed by atoms with E-state index in [1.165, 1.54) is 36.5 Å². The number of H-pyrrole nitrogens is 1. The number of allylic oxidation sites excluding steroid dienone is 6. The van der Waals surface area contributed by atoms with E-state index >= 15 is 0 Å². The number of carbonyl (C=O) groups excluding carboxylic acids is 2. The van der Waals surface area contributed by atoms with E-state index in [-0.39, 0.29) is 11.1 Å². The van der Waals surface area contributed by atoms with Gasteiger partial charge in [-0.05, 0) is 48.6 Å². The van der Waals surface area contributed by atoms with Crippen molar-refractivity contribution in [2.45, 2.75) is 9.79 Å². The lowest BCUT2D eigenvalue weighted by atomic mass is 10.2. The van der Waals surface area contributed by atoms with Gasteiger partial charge in [-0.25, -0.2) is 18.5 Å². The molecule has 0 spiro atoms. The zero-order chi connectivity index (χ0) is 31.7. The van der Waals surface area contributed by atoms with Crippen LogP contribution in [0.2, 0.25) is 0 Å². The average Bonchev–Trinajstić information content (AvgIpc) is 3.35. The number of carbonyl (C=O) groups is 2. The highest BCUT2D eigenvalue weighted by atomic mass is 32.2. The molecule has 1 aliphatic rings. The number of benzene rings is 2. The first-order chi connectivity index (χ1) is 20.1. The molecule has 3 aromatic rings. The lowest BCUT2D eigenvalue weighted by molar-refractivity contribution is -0.117. The van der Waals surface area contributed by atoms with Crippen molar-refractivity contribution in [2.24, 2.45) is 0 Å². The smallest absolute Gasteiger partial charge is 0.294 e. The first-order valence-corrected chi connectivity index (χ1v) is 14.4. The van der Waals surface area contributed by atoms with Crippen molar-refractivity contribution >= 4 is 43.8 Å². The molecule has 2 amide bonds. The number of nitrogens with one attached hydrogen (secondary N) is 2. The number of aromatic hydroxyl groups is 1. The lowest BCUT2D eigenvalue weighted by Crippen LogP contribution is -2.36. The Bertz CT molecular complexity index is 2060. The standard InChI is InChI=1S/C25H18F2N4O10S2/c26-18-12-14(42(36,37)38)8-10-20(18)30-24(34)16(22(32)28-30)6-4-2-1-3-5-7-17-23(33)29-31(25(17)35)21-11-9-15(13-19(21)27)43(39,40)41/h1-13,34H,(H,28,32)(H,29,33)(H,36,37,38)(H,39,40,41)/b2-1+,5-3+,6-4+,17-7-/i26-1,27-1. The predicted octanol–water partition coefficient (Wildman–Crippen LogP) is 1.77. The van der Waals surface area contributed by atoms with Gasteiger partial charge in [0.25, 0.3) is 37.6 Å². The normalized spacial score (nSPS) is 15.5. The summed E-state index contributed by atoms with van der Waals surface area (Å²) < 4.78 is 92.1. The van der Waals surface area contributed by atoms with Crippen LogP contribution in [-0.2, 0) is 29.8 Å². The number of rotatable bonds is 8. The van der Waals surface area contributed by atoms with E-state index in [9.17, 15) is 45.1 Å². The molecule has 18 heteroatoms. The molecule has 0 saturated carbocycles. The summed E-state index contributed by atoms with van der Waals surface area (Å²) in [5, 5.41) is 13.1. The molecule has 0 bridgehead atoms. The number of hydrogen-bond acceptors (Lipinski definition) is 8. The Morgan fingerprint density at radius 3 is 1.86 bits per heavy atom. The summed E-state index contributed by atoms with van der Waals surface area (Å²) in [5.74, 6) is -4.88. The minimum Gasteiger partial charge on any atom is -0.493 e. The van der Waals surface area contributed by atoms with Crippen LogP contribution in [0.1, 0.15) is 5.56 Å². The average molecular weight is 635 g/mol. The molecule has 5 N–H and O–H groups in total. The zero-order valence-electron chi connectivity index (χ0n) is 21.2. The van der Waals surface area contributed by atoms with Crippen molar-refractivity contribution in [3.8, 4) is 11.6 Å². The van der Waals surface area contributed by atoms with E-state index < -0.39 is 76.3 Å². The van der Waals surface area contributed by atoms with Crippen molar-refractivity contribution in [3.05, 3.63) is 106 Å². The number of nitrogens with zero attached hydrogens (tertiary/aromatic N) is 2. The summed E-state index contributed by atoms with van der Waals surface area (Å²) >= 11 is 0. The summed E-state index contributed by atoms with van der Waals surface area (Å²) in [5.41, 5.74) is -0.224. The fourth-order valence-electron chi connectivity index (χ4n) is 3.66. The fourth-order valence-corrected chi connectivity index (χ4v) is 4.65. The second kappa shape index (κ2) is 11.6. The van der Waals surface area contributed by atoms with Crippen molar-refractivity contribution in [2.75, 3.05) is 5.01 Å². The highest BCUT2D eigenvalue weighted by molar-refractivity contribution is 7.86. The highest BCUT2D eigenvalue weighted by Crippen LogP contribution is 2.26. The minimum atomic E-state index is -4.69. The van der Waals surface area contributed by atoms with Crippen LogP contribution in [0.15, 0.2) is 93.0 Å². The maximum Gasteiger partial charge on any atom is 0.294 e. The molecule has 0 aliphatic carbocycles. The van der Waals surface area contributed by atoms with E-state index in [0.29, 0.717) is 21.8 Å². The molecule has 1 aliphatic heterocycles. The molecule has 14 nitrogen and oxygen atoms in total. The number of aromatic nitrogens is 2. The third-order valence-electron chi connectivity index (χ3n) is 5.69. The predicted molar refractivity (Wildman–Crippen MR) is 145 cm³/mol. The Hall–Kier alpha value is -5.17. The molecular weight excluding hydrogens is 616 g/mol. The van der Waals surface area contributed by atoms with Gasteiger partial charge in [0, 0.05) is 0 Å². The Balaban J connectivity index is 1.45. The minimum absolute atomic E-state index is 0.279. The topological polar surface area (TPSA) is 216 Å². The third kappa shape index (κ3) is 6.51. The van der Waals surface area contributed by atoms with Crippen LogP contribution in [-0.4, -0.2) is 52.6 Å². The Labute approximate surface area is 240 Å². The molecule has 1 saturated heterocycles. The maximum atomic E-state index is 14.4. The third-order valence-corrected chi connectivity index (χ3v) is 7.39. The zero-order valence-corrected chi connectivity index (χ0v) is 22.8. The largest absolute Gasteiger partial charge is 0.493 e. The molecule has 0 unspecified atom stereocenters. The Morgan fingerprint density at radius 1 is 0.767 bits per heavy atom. The molecule has 4 rings (SSSR count). The van der Waals surface area contributed by atoms with Gasteiger partial charge in [0.1, 0.15) is 34.1 Å². The Morgan fingerprint density at radius 2 is 1.30 bits per heavy atom. The fraction of sp³-hybridized carbons (Fsp3) is 0. The van der Waals surface area contributed by atoms with Crippen LogP contribution in [0.25, 0.3) is 11.8 Å². The van der Waals surface area contributed by atoms with Gasteiger partial charge >= 0.3 is 0 Å². The first kappa shape index (κ1) is 30.8. The SMILES string of the molecule is O=C1NN(c2ccc(S(=O)(=O)O)cc2[18F])C(=O)\C1=C/C=C/C=C/C=C/c1c(O)n(-c2ccc(S(=O)(=O)O)cc2[18F])[nH]c1=O. The number of anilines is 1. The molecule has 0 atom stereocenters. The quantitative estimate of drug-likeness (QED) is 0.105. The number of hydrogen-bond donors (Lipinski definition) is 5. The number of halogens is 2. The summed E-state index contributed by atoms with van der Waals surface area (Å²) in [7, 11) is -9.37. The highest BCUT2D eigenvalue weighted by Gasteiger charge is 2.35. The number of amides is 2. The summed E-state index contributed by atoms with van der Waals surface area (Å²) in [6.07, 6.45) is 9.08. The van der Waals surface area contributed by atoms with Gasteiger partial charge in [-0.3, -0.25) is 34.0 Å². The first-order valence-electron chi connectivity index (χ1n) is 11.5. The van der Waals surface area contributed by atoms with Crippen LogP contribution in [0, 0.1) is 11.6 Å². The molecule has 2 aromatic carbocycles. The summed E-state index contributed by atoms with van der Waals surface area (Å²) in [6, 6.07) is 4.51. The van der Waals surface area contributed by atoms with E-state index in [1.807, 2.05) is 0 Å². The number of aromatic amines is 1. The van der Waals surface area contributed by atoms with Crippen molar-refractivity contribution in [3.63, 3.8) is 0 Å². The van der Waals surface area contributed by atoms with Gasteiger partial charge in [0.15, 0.2) is 0 Å². The van der Waals surface area contributed by atoms with Crippen LogP contribution in [0.5, 0.6) is 5.88 Å². The maximum absolute atomic E-state index is 14.4. The number of hydrazine groups is 1. The summed E-state index contributed by atoms with van der Waals surface area (Å²) in [6.45, 7) is 0. The molecule has 43 heavy (non-hydrogen) atoms. The molecular formula is C25H18F2N4O10S2. The van der Waals surface area contributed by atoms with Crippen LogP contribution >= 0.6 is 0 Å². The monoisotopic (exact) mass is 634 g/mol. The van der Waals surface area contributed by atoms with Gasteiger partial charge in [-0.1, -0.05) is 30.4 Å². The Kier molecular flexibility index (Phi) is 8.31. The second-order valence-electron chi connectivity index (χ2n) is 8.48. The van der Waals surface area contributed by atoms with Crippen LogP contribution in [0.3, 0.4) is 0 Å². The molecule has 2 heterocycles. The van der Waals surface area contributed by atoms with E-state index in [2.05, 4.69) is 10.5 Å². The molecule has 1 aromatic heterocycles. The molecule has 224 valence electrons. The van der Waals surface area contributed by atoms with Crippen LogP contribution in [0.4, 0.5) is 14.5 Å². The molecule has 1 fully saturated rings. The van der Waals surface area contributed by atoms with Gasteiger partial charge in [-0.2, -0.15) is 16.8 Å². The van der Waals surface area contributed by atoms with E-state index in [1.54, 1.807) is 0 Å². The second-order valence-corrected chi connectivity index (χ2v) is 11.3. The van der Waals surface area contributed by atoms with Gasteiger partial charge in [0.2, 0.25) is 5.88 Å².